The molecule has 33 heavy (non-hydrogen) atoms. The van der Waals surface area contributed by atoms with Crippen LogP contribution in [0.4, 0.5) is 10.2 Å². The Bertz CT molecular complexity index is 1150. The molecule has 2 aromatic heterocycles. The van der Waals surface area contributed by atoms with Crippen molar-refractivity contribution in [2.24, 2.45) is 0 Å². The minimum Gasteiger partial charge on any atom is -0.486 e. The second-order valence-electron chi connectivity index (χ2n) is 8.23. The highest BCUT2D eigenvalue weighted by molar-refractivity contribution is 6.04. The largest absolute Gasteiger partial charge is 0.486 e. The van der Waals surface area contributed by atoms with E-state index >= 15 is 0 Å². The molecule has 1 aliphatic heterocycles. The molecule has 0 saturated heterocycles. The average Bonchev–Trinajstić information content (AvgIpc) is 3.28. The fraction of sp³-hybridized carbons (Fsp3) is 0.391. The number of halogens is 1. The normalized spacial score (nSPS) is 15.2. The molecule has 9 nitrogen and oxygen atoms in total. The van der Waals surface area contributed by atoms with Crippen LogP contribution < -0.4 is 14.8 Å². The number of anilines is 1. The number of carbonyl (C=O) groups excluding carboxylic acids is 1. The van der Waals surface area contributed by atoms with E-state index in [2.05, 4.69) is 20.5 Å². The molecule has 0 radical (unpaired) electrons. The van der Waals surface area contributed by atoms with Gasteiger partial charge in [0, 0.05) is 12.1 Å². The number of hydrogen-bond acceptors (Lipinski definition) is 7. The minimum atomic E-state index is -0.720. The van der Waals surface area contributed by atoms with Crippen molar-refractivity contribution in [3.63, 3.8) is 0 Å². The highest BCUT2D eigenvalue weighted by Crippen LogP contribution is 2.34. The van der Waals surface area contributed by atoms with E-state index in [1.165, 1.54) is 6.07 Å². The van der Waals surface area contributed by atoms with E-state index < -0.39 is 11.7 Å². The van der Waals surface area contributed by atoms with E-state index in [1.54, 1.807) is 24.5 Å². The number of ether oxygens (including phenoxy) is 3. The maximum absolute atomic E-state index is 14.7. The molecule has 1 N–H and O–H groups in total. The molecule has 0 spiro atoms. The summed E-state index contributed by atoms with van der Waals surface area (Å²) in [4.78, 5) is 17.3. The quantitative estimate of drug-likeness (QED) is 0.577. The molecule has 1 atom stereocenters. The van der Waals surface area contributed by atoms with Crippen LogP contribution in [0, 0.1) is 5.82 Å². The zero-order chi connectivity index (χ0) is 23.5. The van der Waals surface area contributed by atoms with Gasteiger partial charge in [-0.25, -0.2) is 9.37 Å². The molecule has 1 amide bonds. The lowest BCUT2D eigenvalue weighted by Gasteiger charge is -2.27. The number of nitrogens with zero attached hydrogens (tertiary/aromatic N) is 4. The number of amides is 1. The first-order valence-electron chi connectivity index (χ1n) is 10.7. The monoisotopic (exact) mass is 455 g/mol. The Morgan fingerprint density at radius 2 is 2.09 bits per heavy atom. The van der Waals surface area contributed by atoms with Crippen LogP contribution in [0.15, 0.2) is 36.7 Å². The molecule has 1 unspecified atom stereocenters. The smallest absolute Gasteiger partial charge is 0.259 e. The Morgan fingerprint density at radius 1 is 1.27 bits per heavy atom. The first-order valence-corrected chi connectivity index (χ1v) is 10.7. The van der Waals surface area contributed by atoms with Crippen LogP contribution in [0.5, 0.6) is 11.5 Å². The van der Waals surface area contributed by atoms with Crippen LogP contribution in [-0.4, -0.2) is 51.1 Å². The van der Waals surface area contributed by atoms with Gasteiger partial charge in [-0.05, 0) is 45.9 Å². The SMILES string of the molecule is CC(C)OCC1COc2cc(F)c(C(=O)Nc3cccc(-c4nncn4C(C)C)n3)cc2O1. The molecular formula is C23H26FN5O4. The van der Waals surface area contributed by atoms with Gasteiger partial charge in [0.25, 0.3) is 5.91 Å². The second-order valence-corrected chi connectivity index (χ2v) is 8.23. The van der Waals surface area contributed by atoms with Crippen LogP contribution in [0.25, 0.3) is 11.5 Å². The van der Waals surface area contributed by atoms with Crippen LogP contribution in [0.2, 0.25) is 0 Å². The minimum absolute atomic E-state index is 0.0437. The van der Waals surface area contributed by atoms with Crippen molar-refractivity contribution in [1.82, 2.24) is 19.7 Å². The lowest BCUT2D eigenvalue weighted by atomic mass is 10.1. The van der Waals surface area contributed by atoms with Crippen LogP contribution in [-0.2, 0) is 4.74 Å². The first kappa shape index (κ1) is 22.7. The van der Waals surface area contributed by atoms with E-state index in [0.717, 1.165) is 6.07 Å². The van der Waals surface area contributed by atoms with E-state index in [1.807, 2.05) is 32.3 Å². The number of aromatic nitrogens is 4. The van der Waals surface area contributed by atoms with Crippen molar-refractivity contribution < 1.29 is 23.4 Å². The van der Waals surface area contributed by atoms with Gasteiger partial charge >= 0.3 is 0 Å². The number of carbonyl (C=O) groups is 1. The summed E-state index contributed by atoms with van der Waals surface area (Å²) in [7, 11) is 0. The zero-order valence-electron chi connectivity index (χ0n) is 18.9. The van der Waals surface area contributed by atoms with Gasteiger partial charge in [0.05, 0.1) is 18.3 Å². The topological polar surface area (TPSA) is 100 Å². The summed E-state index contributed by atoms with van der Waals surface area (Å²) >= 11 is 0. The number of fused-ring (bicyclic) bond motifs is 1. The van der Waals surface area contributed by atoms with Gasteiger partial charge in [-0.15, -0.1) is 10.2 Å². The van der Waals surface area contributed by atoms with Gasteiger partial charge in [-0.3, -0.25) is 4.79 Å². The highest BCUT2D eigenvalue weighted by atomic mass is 19.1. The summed E-state index contributed by atoms with van der Waals surface area (Å²) in [5.74, 6) is -0.0127. The molecule has 174 valence electrons. The standard InChI is InChI=1S/C23H26FN5O4/c1-13(2)29-12-25-28-22(29)18-6-5-7-21(26-18)27-23(30)16-8-20-19(9-17(16)24)32-11-15(33-20)10-31-14(3)4/h5-9,12-15H,10-11H2,1-4H3,(H,26,27,30). The van der Waals surface area contributed by atoms with Crippen molar-refractivity contribution in [2.75, 3.05) is 18.5 Å². The average molecular weight is 455 g/mol. The summed E-state index contributed by atoms with van der Waals surface area (Å²) in [5, 5.41) is 10.7. The third-order valence-electron chi connectivity index (χ3n) is 4.96. The van der Waals surface area contributed by atoms with Crippen molar-refractivity contribution >= 4 is 11.7 Å². The molecule has 0 aliphatic carbocycles. The molecule has 1 aromatic carbocycles. The van der Waals surface area contributed by atoms with Crippen LogP contribution >= 0.6 is 0 Å². The fourth-order valence-electron chi connectivity index (χ4n) is 3.31. The lowest BCUT2D eigenvalue weighted by Crippen LogP contribution is -2.34. The molecule has 10 heteroatoms. The number of benzene rings is 1. The number of hydrogen-bond donors (Lipinski definition) is 1. The zero-order valence-corrected chi connectivity index (χ0v) is 18.9. The first-order chi connectivity index (χ1) is 15.8. The Hall–Kier alpha value is -3.53. The summed E-state index contributed by atoms with van der Waals surface area (Å²) in [5.41, 5.74) is 0.356. The lowest BCUT2D eigenvalue weighted by molar-refractivity contribution is -0.0139. The number of pyridine rings is 1. The number of nitrogens with one attached hydrogen (secondary N) is 1. The highest BCUT2D eigenvalue weighted by Gasteiger charge is 2.26. The predicted molar refractivity (Wildman–Crippen MR) is 119 cm³/mol. The Balaban J connectivity index is 1.52. The van der Waals surface area contributed by atoms with Gasteiger partial charge in [0.1, 0.15) is 30.3 Å². The van der Waals surface area contributed by atoms with Crippen molar-refractivity contribution in [1.29, 1.82) is 0 Å². The molecule has 0 fully saturated rings. The van der Waals surface area contributed by atoms with Crippen molar-refractivity contribution in [3.8, 4) is 23.0 Å². The second kappa shape index (κ2) is 9.53. The summed E-state index contributed by atoms with van der Waals surface area (Å²) in [6.45, 7) is 8.41. The maximum atomic E-state index is 14.7. The number of rotatable bonds is 7. The molecule has 1 aliphatic rings. The van der Waals surface area contributed by atoms with Gasteiger partial charge in [0.2, 0.25) is 0 Å². The van der Waals surface area contributed by atoms with E-state index in [0.29, 0.717) is 18.1 Å². The van der Waals surface area contributed by atoms with Gasteiger partial charge in [-0.1, -0.05) is 6.07 Å². The summed E-state index contributed by atoms with van der Waals surface area (Å²) < 4.78 is 33.5. The molecule has 4 rings (SSSR count). The maximum Gasteiger partial charge on any atom is 0.259 e. The van der Waals surface area contributed by atoms with Crippen molar-refractivity contribution in [2.45, 2.75) is 45.9 Å². The predicted octanol–water partition coefficient (Wildman–Crippen LogP) is 3.88. The van der Waals surface area contributed by atoms with Crippen LogP contribution in [0.1, 0.15) is 44.1 Å². The summed E-state index contributed by atoms with van der Waals surface area (Å²) in [6, 6.07) is 7.74. The molecule has 0 saturated carbocycles. The molecule has 3 aromatic rings. The Morgan fingerprint density at radius 3 is 2.85 bits per heavy atom. The van der Waals surface area contributed by atoms with Crippen molar-refractivity contribution in [3.05, 3.63) is 48.0 Å². The summed E-state index contributed by atoms with van der Waals surface area (Å²) in [6.07, 6.45) is 1.32. The Kier molecular flexibility index (Phi) is 6.55. The molecule has 3 heterocycles. The van der Waals surface area contributed by atoms with Gasteiger partial charge < -0.3 is 24.1 Å². The molecule has 0 bridgehead atoms. The van der Waals surface area contributed by atoms with E-state index in [9.17, 15) is 9.18 Å². The van der Waals surface area contributed by atoms with Gasteiger partial charge in [0.15, 0.2) is 23.4 Å². The Labute approximate surface area is 190 Å². The molecular weight excluding hydrogens is 429 g/mol. The third-order valence-corrected chi connectivity index (χ3v) is 4.96. The van der Waals surface area contributed by atoms with E-state index in [4.69, 9.17) is 14.2 Å². The van der Waals surface area contributed by atoms with E-state index in [-0.39, 0.29) is 47.7 Å². The fourth-order valence-corrected chi connectivity index (χ4v) is 3.31. The van der Waals surface area contributed by atoms with Gasteiger partial charge in [-0.2, -0.15) is 0 Å². The third kappa shape index (κ3) is 5.11. The van der Waals surface area contributed by atoms with Crippen LogP contribution in [0.3, 0.4) is 0 Å².